The quantitative estimate of drug-likeness (QED) is 0.161. The molecule has 0 aliphatic carbocycles. The van der Waals surface area contributed by atoms with Gasteiger partial charge in [-0.15, -0.1) is 0 Å². The molecule has 0 radical (unpaired) electrons. The van der Waals surface area contributed by atoms with Crippen LogP contribution in [0.2, 0.25) is 5.02 Å². The monoisotopic (exact) mass is 715 g/mol. The molecule has 0 amide bonds. The summed E-state index contributed by atoms with van der Waals surface area (Å²) in [6.07, 6.45) is 11.2. The van der Waals surface area contributed by atoms with E-state index in [4.69, 9.17) is 21.3 Å². The number of fused-ring (bicyclic) bond motifs is 1. The molecule has 2 aromatic carbocycles. The van der Waals surface area contributed by atoms with Crippen LogP contribution in [0.4, 0.5) is 28.8 Å². The van der Waals surface area contributed by atoms with E-state index in [-0.39, 0.29) is 0 Å². The van der Waals surface area contributed by atoms with Gasteiger partial charge in [0.25, 0.3) is 0 Å². The summed E-state index contributed by atoms with van der Waals surface area (Å²) in [7, 11) is 0.795. The van der Waals surface area contributed by atoms with Gasteiger partial charge >= 0.3 is 0 Å². The van der Waals surface area contributed by atoms with Crippen LogP contribution in [-0.4, -0.2) is 101 Å². The highest BCUT2D eigenvalue weighted by Gasteiger charge is 2.26. The van der Waals surface area contributed by atoms with Gasteiger partial charge in [-0.25, -0.2) is 4.98 Å². The van der Waals surface area contributed by atoms with E-state index in [9.17, 15) is 4.57 Å². The number of rotatable bonds is 10. The molecule has 2 fully saturated rings. The molecule has 262 valence electrons. The second-order valence-corrected chi connectivity index (χ2v) is 16.9. The van der Waals surface area contributed by atoms with Crippen molar-refractivity contribution in [3.63, 3.8) is 0 Å². The van der Waals surface area contributed by atoms with E-state index >= 15 is 0 Å². The van der Waals surface area contributed by atoms with Crippen molar-refractivity contribution in [2.24, 2.45) is 13.0 Å². The van der Waals surface area contributed by atoms with Crippen LogP contribution < -0.4 is 30.9 Å². The van der Waals surface area contributed by atoms with Crippen molar-refractivity contribution in [2.45, 2.75) is 12.8 Å². The SMILES string of the molecule is COc1cc(N2CCN(CC3CCNCC3)CC2)c(-c2cnn(C)c2)cc1Nc1ncc(Cl)c(Nc2ccc3nccnc3c2P(C)(C)=O)n1. The van der Waals surface area contributed by atoms with E-state index in [0.717, 1.165) is 62.0 Å². The summed E-state index contributed by atoms with van der Waals surface area (Å²) >= 11 is 6.61. The third kappa shape index (κ3) is 7.41. The van der Waals surface area contributed by atoms with Crippen LogP contribution in [0.15, 0.2) is 55.2 Å². The van der Waals surface area contributed by atoms with Crippen LogP contribution in [0.25, 0.3) is 22.2 Å². The zero-order valence-electron chi connectivity index (χ0n) is 28.9. The third-order valence-corrected chi connectivity index (χ3v) is 11.2. The predicted molar refractivity (Wildman–Crippen MR) is 202 cm³/mol. The number of hydrogen-bond donors (Lipinski definition) is 3. The number of hydrogen-bond acceptors (Lipinski definition) is 12. The number of methoxy groups -OCH3 is 1. The molecule has 5 aromatic rings. The largest absolute Gasteiger partial charge is 0.494 e. The molecule has 3 aromatic heterocycles. The molecule has 15 heteroatoms. The molecule has 0 bridgehead atoms. The minimum Gasteiger partial charge on any atom is -0.494 e. The topological polar surface area (TPSA) is 138 Å². The Morgan fingerprint density at radius 1 is 1.00 bits per heavy atom. The number of nitrogens with one attached hydrogen (secondary N) is 3. The molecule has 2 aliphatic heterocycles. The van der Waals surface area contributed by atoms with Crippen LogP contribution in [0.5, 0.6) is 5.75 Å². The molecule has 3 N–H and O–H groups in total. The average molecular weight is 716 g/mol. The van der Waals surface area contributed by atoms with Gasteiger partial charge in [0.05, 0.1) is 41.7 Å². The zero-order valence-corrected chi connectivity index (χ0v) is 30.5. The summed E-state index contributed by atoms with van der Waals surface area (Å²) in [4.78, 5) is 23.2. The van der Waals surface area contributed by atoms with Crippen molar-refractivity contribution >= 4 is 63.9 Å². The van der Waals surface area contributed by atoms with Gasteiger partial charge in [0.15, 0.2) is 5.82 Å². The number of nitrogens with zero attached hydrogens (tertiary/aromatic N) is 8. The van der Waals surface area contributed by atoms with Gasteiger partial charge < -0.3 is 30.2 Å². The van der Waals surface area contributed by atoms with Gasteiger partial charge in [0.1, 0.15) is 23.4 Å². The summed E-state index contributed by atoms with van der Waals surface area (Å²) in [6, 6.07) is 7.82. The van der Waals surface area contributed by atoms with Crippen LogP contribution in [0.3, 0.4) is 0 Å². The van der Waals surface area contributed by atoms with Crippen molar-refractivity contribution in [1.29, 1.82) is 0 Å². The molecule has 2 saturated heterocycles. The Hall–Kier alpha value is -4.29. The van der Waals surface area contributed by atoms with Crippen molar-refractivity contribution in [1.82, 2.24) is 39.9 Å². The molecule has 0 saturated carbocycles. The maximum absolute atomic E-state index is 13.5. The maximum Gasteiger partial charge on any atom is 0.229 e. The molecule has 0 atom stereocenters. The number of halogens is 1. The van der Waals surface area contributed by atoms with E-state index < -0.39 is 7.14 Å². The van der Waals surface area contributed by atoms with E-state index in [1.807, 2.05) is 36.3 Å². The Kier molecular flexibility index (Phi) is 9.92. The highest BCUT2D eigenvalue weighted by Crippen LogP contribution is 2.43. The minimum absolute atomic E-state index is 0.306. The second kappa shape index (κ2) is 14.5. The Morgan fingerprint density at radius 3 is 2.50 bits per heavy atom. The van der Waals surface area contributed by atoms with Gasteiger partial charge in [-0.1, -0.05) is 11.6 Å². The normalized spacial score (nSPS) is 16.1. The van der Waals surface area contributed by atoms with Crippen molar-refractivity contribution < 1.29 is 9.30 Å². The number of piperidine rings is 1. The van der Waals surface area contributed by atoms with Crippen LogP contribution in [-0.2, 0) is 11.6 Å². The Balaban J connectivity index is 1.17. The third-order valence-electron chi connectivity index (χ3n) is 9.42. The zero-order chi connectivity index (χ0) is 34.8. The summed E-state index contributed by atoms with van der Waals surface area (Å²) in [5, 5.41) is 15.5. The molecule has 0 spiro atoms. The summed E-state index contributed by atoms with van der Waals surface area (Å²) < 4.78 is 21.2. The molecule has 0 unspecified atom stereocenters. The van der Waals surface area contributed by atoms with Crippen LogP contribution in [0.1, 0.15) is 12.8 Å². The predicted octanol–water partition coefficient (Wildman–Crippen LogP) is 5.34. The molecule has 2 aliphatic rings. The van der Waals surface area contributed by atoms with Gasteiger partial charge in [0, 0.05) is 81.2 Å². The van der Waals surface area contributed by atoms with Crippen molar-refractivity contribution in [3.05, 3.63) is 60.3 Å². The van der Waals surface area contributed by atoms with Crippen molar-refractivity contribution in [3.8, 4) is 16.9 Å². The first-order valence-corrected chi connectivity index (χ1v) is 19.9. The number of piperazine rings is 1. The molecule has 50 heavy (non-hydrogen) atoms. The van der Waals surface area contributed by atoms with E-state index in [2.05, 4.69) is 57.9 Å². The lowest BCUT2D eigenvalue weighted by Crippen LogP contribution is -2.48. The fourth-order valence-corrected chi connectivity index (χ4v) is 8.45. The molecular weight excluding hydrogens is 673 g/mol. The van der Waals surface area contributed by atoms with Gasteiger partial charge in [-0.2, -0.15) is 10.1 Å². The van der Waals surface area contributed by atoms with E-state index in [1.165, 1.54) is 25.6 Å². The Labute approximate surface area is 297 Å². The fourth-order valence-electron chi connectivity index (χ4n) is 6.92. The lowest BCUT2D eigenvalue weighted by molar-refractivity contribution is 0.196. The lowest BCUT2D eigenvalue weighted by atomic mass is 9.97. The number of aromatic nitrogens is 6. The number of anilines is 5. The second-order valence-electron chi connectivity index (χ2n) is 13.3. The van der Waals surface area contributed by atoms with Gasteiger partial charge in [0.2, 0.25) is 5.95 Å². The highest BCUT2D eigenvalue weighted by atomic mass is 35.5. The summed E-state index contributed by atoms with van der Waals surface area (Å²) in [6.45, 7) is 10.7. The first kappa shape index (κ1) is 34.2. The Morgan fingerprint density at radius 2 is 1.78 bits per heavy atom. The average Bonchev–Trinajstić information content (AvgIpc) is 3.55. The maximum atomic E-state index is 13.5. The standard InChI is InChI=1S/C35H43ClN11O2P/c1-45-22-24(19-41-45)25-17-29(31(49-2)18-30(25)47-15-13-46(14-16-47)21-23-7-9-37-10-8-23)43-35-40-20-26(36)34(44-35)42-28-6-5-27-32(39-12-11-38-27)33(28)50(3,4)48/h5-6,11-12,17-20,22-23,37H,7-10,13-16,21H2,1-4H3,(H2,40,42,43,44). The minimum atomic E-state index is -2.79. The molecular formula is C35H43ClN11O2P. The first-order valence-electron chi connectivity index (χ1n) is 16.9. The highest BCUT2D eigenvalue weighted by molar-refractivity contribution is 7.71. The molecule has 13 nitrogen and oxygen atoms in total. The summed E-state index contributed by atoms with van der Waals surface area (Å²) in [5.41, 5.74) is 5.65. The van der Waals surface area contributed by atoms with Gasteiger partial charge in [-0.3, -0.25) is 19.5 Å². The smallest absolute Gasteiger partial charge is 0.229 e. The van der Waals surface area contributed by atoms with E-state index in [0.29, 0.717) is 50.3 Å². The Bertz CT molecular complexity index is 2040. The molecule has 7 rings (SSSR count). The first-order chi connectivity index (χ1) is 24.2. The van der Waals surface area contributed by atoms with Gasteiger partial charge in [-0.05, 0) is 63.4 Å². The summed E-state index contributed by atoms with van der Waals surface area (Å²) in [5.74, 6) is 2.09. The van der Waals surface area contributed by atoms with Crippen molar-refractivity contribution in [2.75, 3.05) is 81.8 Å². The van der Waals surface area contributed by atoms with E-state index in [1.54, 1.807) is 32.8 Å². The lowest BCUT2D eigenvalue weighted by Gasteiger charge is -2.39. The van der Waals surface area contributed by atoms with Crippen LogP contribution >= 0.6 is 18.7 Å². The molecule has 5 heterocycles. The van der Waals surface area contributed by atoms with Crippen LogP contribution in [0, 0.1) is 5.92 Å². The fraction of sp³-hybridized carbons (Fsp3) is 0.400. The number of ether oxygens (including phenoxy) is 1. The number of aryl methyl sites for hydroxylation is 1. The number of benzene rings is 2.